The minimum atomic E-state index is -3.07. The fourth-order valence-corrected chi connectivity index (χ4v) is 4.82. The molecule has 1 aliphatic heterocycles. The maximum absolute atomic E-state index is 11.5. The van der Waals surface area contributed by atoms with Crippen LogP contribution in [0.1, 0.15) is 36.8 Å². The number of nitrogens with zero attached hydrogens (tertiary/aromatic N) is 6. The van der Waals surface area contributed by atoms with Crippen LogP contribution in [0.15, 0.2) is 47.1 Å². The van der Waals surface area contributed by atoms with Gasteiger partial charge in [-0.2, -0.15) is 15.1 Å². The van der Waals surface area contributed by atoms with Gasteiger partial charge in [0.2, 0.25) is 11.8 Å². The first-order chi connectivity index (χ1) is 17.8. The fraction of sp³-hybridized carbons (Fsp3) is 0.375. The van der Waals surface area contributed by atoms with Crippen molar-refractivity contribution in [3.63, 3.8) is 0 Å². The van der Waals surface area contributed by atoms with Crippen molar-refractivity contribution in [3.8, 4) is 17.3 Å². The monoisotopic (exact) mass is 524 g/mol. The third kappa shape index (κ3) is 6.23. The van der Waals surface area contributed by atoms with E-state index >= 15 is 0 Å². The molecule has 0 bridgehead atoms. The van der Waals surface area contributed by atoms with Crippen molar-refractivity contribution in [2.24, 2.45) is 0 Å². The number of hydrogen-bond acceptors (Lipinski definition) is 11. The zero-order valence-corrected chi connectivity index (χ0v) is 21.4. The summed E-state index contributed by atoms with van der Waals surface area (Å²) in [6.07, 6.45) is 5.06. The number of pyridine rings is 1. The highest BCUT2D eigenvalue weighted by Crippen LogP contribution is 2.37. The van der Waals surface area contributed by atoms with Gasteiger partial charge in [0.1, 0.15) is 21.3 Å². The Bertz CT molecular complexity index is 1450. The van der Waals surface area contributed by atoms with Crippen molar-refractivity contribution in [2.75, 3.05) is 35.4 Å². The summed E-state index contributed by atoms with van der Waals surface area (Å²) in [4.78, 5) is 15.8. The molecule has 2 N–H and O–H groups in total. The van der Waals surface area contributed by atoms with Crippen molar-refractivity contribution >= 4 is 27.4 Å². The zero-order valence-electron chi connectivity index (χ0n) is 20.6. The number of nitrogens with one attached hydrogen (secondary N) is 2. The molecule has 0 unspecified atom stereocenters. The molecule has 13 heteroatoms. The lowest BCUT2D eigenvalue weighted by Crippen LogP contribution is -2.25. The predicted octanol–water partition coefficient (Wildman–Crippen LogP) is 3.46. The average molecular weight is 525 g/mol. The molecular formula is C24H28N8O4S. The smallest absolute Gasteiger partial charge is 0.231 e. The minimum absolute atomic E-state index is 0.0426. The number of ether oxygens (including phenoxy) is 1. The Labute approximate surface area is 214 Å². The normalized spacial score (nSPS) is 15.7. The molecule has 1 fully saturated rings. The van der Waals surface area contributed by atoms with Gasteiger partial charge in [-0.05, 0) is 38.3 Å². The van der Waals surface area contributed by atoms with E-state index < -0.39 is 9.84 Å². The second-order valence-corrected chi connectivity index (χ2v) is 11.2. The molecule has 0 aromatic carbocycles. The number of aromatic amines is 1. The molecule has 194 valence electrons. The molecule has 37 heavy (non-hydrogen) atoms. The zero-order chi connectivity index (χ0) is 25.8. The van der Waals surface area contributed by atoms with Gasteiger partial charge in [0.25, 0.3) is 0 Å². The lowest BCUT2D eigenvalue weighted by molar-refractivity contribution is 0.305. The second kappa shape index (κ2) is 10.5. The van der Waals surface area contributed by atoms with E-state index in [1.54, 1.807) is 12.3 Å². The van der Waals surface area contributed by atoms with E-state index in [1.165, 1.54) is 6.26 Å². The molecule has 1 aliphatic rings. The third-order valence-electron chi connectivity index (χ3n) is 5.86. The summed E-state index contributed by atoms with van der Waals surface area (Å²) in [7, 11) is -3.07. The summed E-state index contributed by atoms with van der Waals surface area (Å²) in [5.41, 5.74) is 2.31. The first kappa shape index (κ1) is 24.7. The number of anilines is 3. The van der Waals surface area contributed by atoms with Crippen LogP contribution >= 0.6 is 0 Å². The van der Waals surface area contributed by atoms with Crippen molar-refractivity contribution < 1.29 is 17.7 Å². The quantitative estimate of drug-likeness (QED) is 0.293. The van der Waals surface area contributed by atoms with Gasteiger partial charge >= 0.3 is 0 Å². The van der Waals surface area contributed by atoms with Crippen LogP contribution in [-0.2, 0) is 9.84 Å². The maximum atomic E-state index is 11.5. The van der Waals surface area contributed by atoms with E-state index in [9.17, 15) is 8.42 Å². The van der Waals surface area contributed by atoms with Crippen molar-refractivity contribution in [3.05, 3.63) is 54.0 Å². The summed E-state index contributed by atoms with van der Waals surface area (Å²) >= 11 is 0. The summed E-state index contributed by atoms with van der Waals surface area (Å²) in [6, 6.07) is 11.0. The number of H-pyrrole nitrogens is 1. The van der Waals surface area contributed by atoms with Crippen molar-refractivity contribution in [1.82, 2.24) is 30.3 Å². The average Bonchev–Trinajstić information content (AvgIpc) is 3.62. The van der Waals surface area contributed by atoms with E-state index in [1.807, 2.05) is 37.3 Å². The van der Waals surface area contributed by atoms with Gasteiger partial charge in [0.05, 0.1) is 24.1 Å². The third-order valence-corrected chi connectivity index (χ3v) is 6.89. The number of hydrogen-bond donors (Lipinski definition) is 2. The summed E-state index contributed by atoms with van der Waals surface area (Å²) in [5.74, 6) is 2.67. The topological polar surface area (TPSA) is 152 Å². The largest absolute Gasteiger partial charge is 0.477 e. The molecule has 0 spiro atoms. The lowest BCUT2D eigenvalue weighted by atomic mass is 10.1. The Balaban J connectivity index is 1.40. The van der Waals surface area contributed by atoms with Crippen LogP contribution in [0, 0.1) is 6.92 Å². The summed E-state index contributed by atoms with van der Waals surface area (Å²) in [5, 5.41) is 14.5. The molecule has 5 heterocycles. The van der Waals surface area contributed by atoms with E-state index in [-0.39, 0.29) is 18.4 Å². The maximum Gasteiger partial charge on any atom is 0.231 e. The van der Waals surface area contributed by atoms with Crippen LogP contribution in [0.2, 0.25) is 0 Å². The molecule has 0 aliphatic carbocycles. The molecule has 1 atom stereocenters. The number of rotatable bonds is 10. The second-order valence-electron chi connectivity index (χ2n) is 8.97. The van der Waals surface area contributed by atoms with E-state index in [2.05, 4.69) is 35.5 Å². The molecule has 4 aromatic heterocycles. The van der Waals surface area contributed by atoms with Crippen LogP contribution in [0.3, 0.4) is 0 Å². The summed E-state index contributed by atoms with van der Waals surface area (Å²) < 4.78 is 34.5. The van der Waals surface area contributed by atoms with Gasteiger partial charge in [-0.3, -0.25) is 10.1 Å². The summed E-state index contributed by atoms with van der Waals surface area (Å²) in [6.45, 7) is 2.84. The van der Waals surface area contributed by atoms with Crippen molar-refractivity contribution in [1.29, 1.82) is 0 Å². The van der Waals surface area contributed by atoms with Gasteiger partial charge in [0, 0.05) is 42.9 Å². The molecule has 1 saturated heterocycles. The standard InChI is InChI=1S/C24H28N8O4S/c1-16-13-22(30-29-16)26-21-15-23(35-11-6-12-37(2,33)34)28-24(27-21)32-10-5-8-19(32)20-14-18(31-36-20)17-7-3-4-9-25-17/h3-4,7,9,13-15,19H,5-6,8,10-12H2,1-2H3,(H2,26,27,28,29,30)/t19-/m0/s1. The van der Waals surface area contributed by atoms with Crippen LogP contribution < -0.4 is 15.0 Å². The number of aryl methyl sites for hydroxylation is 1. The van der Waals surface area contributed by atoms with E-state index in [4.69, 9.17) is 14.2 Å². The van der Waals surface area contributed by atoms with Gasteiger partial charge in [-0.1, -0.05) is 11.2 Å². The van der Waals surface area contributed by atoms with E-state index in [0.29, 0.717) is 41.3 Å². The van der Waals surface area contributed by atoms with Crippen LogP contribution in [0.25, 0.3) is 11.4 Å². The Kier molecular flexibility index (Phi) is 7.04. The van der Waals surface area contributed by atoms with Crippen molar-refractivity contribution in [2.45, 2.75) is 32.2 Å². The van der Waals surface area contributed by atoms with E-state index in [0.717, 1.165) is 30.8 Å². The van der Waals surface area contributed by atoms with Gasteiger partial charge in [0.15, 0.2) is 11.6 Å². The van der Waals surface area contributed by atoms with Crippen LogP contribution in [0.4, 0.5) is 17.6 Å². The first-order valence-corrected chi connectivity index (χ1v) is 14.0. The Morgan fingerprint density at radius 1 is 1.19 bits per heavy atom. The van der Waals surface area contributed by atoms with Crippen LogP contribution in [-0.4, -0.2) is 63.9 Å². The Hall–Kier alpha value is -4.00. The highest BCUT2D eigenvalue weighted by molar-refractivity contribution is 7.90. The Morgan fingerprint density at radius 3 is 2.84 bits per heavy atom. The molecule has 0 radical (unpaired) electrons. The molecule has 4 aromatic rings. The Morgan fingerprint density at radius 2 is 2.08 bits per heavy atom. The SMILES string of the molecule is Cc1cc(Nc2cc(OCCCS(C)(=O)=O)nc(N3CCC[C@H]3c3cc(-c4ccccn4)no3)n2)n[nH]1. The van der Waals surface area contributed by atoms with Gasteiger partial charge in [-0.25, -0.2) is 8.42 Å². The predicted molar refractivity (Wildman–Crippen MR) is 138 cm³/mol. The molecular weight excluding hydrogens is 496 g/mol. The lowest BCUT2D eigenvalue weighted by Gasteiger charge is -2.23. The minimum Gasteiger partial charge on any atom is -0.477 e. The molecule has 0 saturated carbocycles. The fourth-order valence-electron chi connectivity index (χ4n) is 4.17. The van der Waals surface area contributed by atoms with Gasteiger partial charge < -0.3 is 19.5 Å². The highest BCUT2D eigenvalue weighted by Gasteiger charge is 2.32. The van der Waals surface area contributed by atoms with Gasteiger partial charge in [-0.15, -0.1) is 0 Å². The highest BCUT2D eigenvalue weighted by atomic mass is 32.2. The number of sulfone groups is 1. The first-order valence-electron chi connectivity index (χ1n) is 12.0. The van der Waals surface area contributed by atoms with Crippen LogP contribution in [0.5, 0.6) is 5.88 Å². The molecule has 12 nitrogen and oxygen atoms in total. The molecule has 0 amide bonds. The number of aromatic nitrogens is 6. The molecule has 5 rings (SSSR count).